The van der Waals surface area contributed by atoms with Gasteiger partial charge in [0.25, 0.3) is 0 Å². The first kappa shape index (κ1) is 35.7. The molecular formula is C36H36F6N2O5. The Labute approximate surface area is 279 Å². The van der Waals surface area contributed by atoms with Crippen molar-refractivity contribution in [1.29, 1.82) is 0 Å². The lowest BCUT2D eigenvalue weighted by atomic mass is 9.73. The van der Waals surface area contributed by atoms with Gasteiger partial charge in [0.15, 0.2) is 0 Å². The lowest BCUT2D eigenvalue weighted by molar-refractivity contribution is -0.143. The van der Waals surface area contributed by atoms with Gasteiger partial charge in [0.2, 0.25) is 0 Å². The third-order valence-corrected chi connectivity index (χ3v) is 9.15. The number of cyclic esters (lactones) is 1. The second kappa shape index (κ2) is 13.1. The van der Waals surface area contributed by atoms with Crippen molar-refractivity contribution in [2.75, 3.05) is 20.8 Å². The standard InChI is InChI=1S/C36H36F6N2O5/c1-19-13-21(32(45)48-6)7-8-26(19)28-9-10-29(47-5)30(43-28)27-11-12-34(3,4)17-23(27)18-44-20(2)31(49-33(44)46)22-14-24(35(37,38)39)16-25(15-22)36(40,41)42/h7-10,13-16,20,31H,11-12,17-18H2,1-6H3/t20-,31-/m0/s1. The highest BCUT2D eigenvalue weighted by molar-refractivity contribution is 5.90. The lowest BCUT2D eigenvalue weighted by Gasteiger charge is -2.35. The molecule has 0 unspecified atom stereocenters. The second-order valence-electron chi connectivity index (χ2n) is 13.2. The molecule has 1 aliphatic carbocycles. The monoisotopic (exact) mass is 690 g/mol. The number of allylic oxidation sites excluding steroid dienone is 1. The number of esters is 1. The van der Waals surface area contributed by atoms with Crippen LogP contribution in [0.25, 0.3) is 16.8 Å². The number of benzene rings is 2. The number of rotatable bonds is 7. The zero-order valence-electron chi connectivity index (χ0n) is 27.8. The van der Waals surface area contributed by atoms with Gasteiger partial charge >= 0.3 is 24.4 Å². The third-order valence-electron chi connectivity index (χ3n) is 9.15. The van der Waals surface area contributed by atoms with E-state index < -0.39 is 53.3 Å². The van der Waals surface area contributed by atoms with Crippen LogP contribution in [0.2, 0.25) is 0 Å². The number of hydrogen-bond donors (Lipinski definition) is 0. The summed E-state index contributed by atoms with van der Waals surface area (Å²) in [6.45, 7) is 7.56. The molecule has 7 nitrogen and oxygen atoms in total. The maximum Gasteiger partial charge on any atom is 0.416 e. The van der Waals surface area contributed by atoms with Gasteiger partial charge in [-0.05, 0) is 103 Å². The van der Waals surface area contributed by atoms with E-state index in [0.717, 1.165) is 28.7 Å². The van der Waals surface area contributed by atoms with Gasteiger partial charge in [-0.25, -0.2) is 14.6 Å². The highest BCUT2D eigenvalue weighted by Crippen LogP contribution is 2.46. The molecule has 49 heavy (non-hydrogen) atoms. The predicted molar refractivity (Wildman–Crippen MR) is 169 cm³/mol. The number of carbonyl (C=O) groups is 2. The molecule has 2 atom stereocenters. The fourth-order valence-corrected chi connectivity index (χ4v) is 6.53. The summed E-state index contributed by atoms with van der Waals surface area (Å²) in [7, 11) is 2.82. The first-order chi connectivity index (χ1) is 22.8. The number of pyridine rings is 1. The van der Waals surface area contributed by atoms with Crippen LogP contribution in [-0.2, 0) is 21.8 Å². The fraction of sp³-hybridized carbons (Fsp3) is 0.417. The molecule has 2 heterocycles. The van der Waals surface area contributed by atoms with Gasteiger partial charge in [-0.15, -0.1) is 0 Å². The minimum Gasteiger partial charge on any atom is -0.494 e. The number of methoxy groups -OCH3 is 2. The van der Waals surface area contributed by atoms with Crippen LogP contribution < -0.4 is 4.74 Å². The number of alkyl halides is 6. The summed E-state index contributed by atoms with van der Waals surface area (Å²) in [4.78, 5) is 31.6. The average Bonchev–Trinajstić information content (AvgIpc) is 3.31. The molecule has 1 saturated heterocycles. The van der Waals surface area contributed by atoms with Crippen LogP contribution in [0, 0.1) is 12.3 Å². The molecule has 1 aliphatic heterocycles. The Bertz CT molecular complexity index is 1780. The maximum absolute atomic E-state index is 13.6. The molecule has 0 spiro atoms. The van der Waals surface area contributed by atoms with Crippen molar-refractivity contribution >= 4 is 17.6 Å². The molecule has 0 bridgehead atoms. The van der Waals surface area contributed by atoms with Crippen LogP contribution in [0.15, 0.2) is 54.1 Å². The van der Waals surface area contributed by atoms with Crippen molar-refractivity contribution < 1.29 is 50.1 Å². The Balaban J connectivity index is 1.54. The Hall–Kier alpha value is -4.55. The van der Waals surface area contributed by atoms with Crippen molar-refractivity contribution in [3.05, 3.63) is 87.6 Å². The molecule has 0 saturated carbocycles. The number of nitrogens with zero attached hydrogens (tertiary/aromatic N) is 2. The Kier molecular flexibility index (Phi) is 9.52. The van der Waals surface area contributed by atoms with Crippen molar-refractivity contribution in [2.45, 2.75) is 71.5 Å². The topological polar surface area (TPSA) is 78.0 Å². The van der Waals surface area contributed by atoms with Gasteiger partial charge in [-0.3, -0.25) is 4.90 Å². The highest BCUT2D eigenvalue weighted by Gasteiger charge is 2.44. The lowest BCUT2D eigenvalue weighted by Crippen LogP contribution is -2.35. The van der Waals surface area contributed by atoms with Gasteiger partial charge in [0.1, 0.15) is 17.5 Å². The molecule has 1 fully saturated rings. The number of amides is 1. The van der Waals surface area contributed by atoms with Crippen LogP contribution in [0.1, 0.15) is 84.4 Å². The number of hydrogen-bond acceptors (Lipinski definition) is 6. The van der Waals surface area contributed by atoms with Crippen LogP contribution in [0.3, 0.4) is 0 Å². The van der Waals surface area contributed by atoms with Crippen molar-refractivity contribution in [2.24, 2.45) is 5.41 Å². The fourth-order valence-electron chi connectivity index (χ4n) is 6.53. The van der Waals surface area contributed by atoms with Crippen LogP contribution in [-0.4, -0.2) is 48.8 Å². The van der Waals surface area contributed by atoms with E-state index in [1.165, 1.54) is 26.0 Å². The largest absolute Gasteiger partial charge is 0.494 e. The minimum atomic E-state index is -5.04. The molecule has 13 heteroatoms. The molecule has 5 rings (SSSR count). The van der Waals surface area contributed by atoms with Gasteiger partial charge < -0.3 is 14.2 Å². The minimum absolute atomic E-state index is 0.0161. The first-order valence-electron chi connectivity index (χ1n) is 15.5. The van der Waals surface area contributed by atoms with E-state index in [-0.39, 0.29) is 18.0 Å². The summed E-state index contributed by atoms with van der Waals surface area (Å²) in [5, 5.41) is 0. The molecule has 262 valence electrons. The summed E-state index contributed by atoms with van der Waals surface area (Å²) in [5.74, 6) is 0.0155. The third kappa shape index (κ3) is 7.40. The number of aromatic nitrogens is 1. The summed E-state index contributed by atoms with van der Waals surface area (Å²) in [5.41, 5.74) is 1.21. The molecule has 1 amide bonds. The summed E-state index contributed by atoms with van der Waals surface area (Å²) in [6.07, 6.45) is -10.4. The smallest absolute Gasteiger partial charge is 0.416 e. The van der Waals surface area contributed by atoms with Crippen LogP contribution >= 0.6 is 0 Å². The SMILES string of the molecule is COC(=O)c1ccc(-c2ccc(OC)c(C3=C(CN4C(=O)O[C@H](c5cc(C(F)(F)F)cc(C(F)(F)F)c5)[C@@H]4C)CC(C)(C)CC3)n2)c(C)c1. The van der Waals surface area contributed by atoms with Gasteiger partial charge in [-0.2, -0.15) is 26.3 Å². The molecule has 2 aromatic carbocycles. The average molecular weight is 691 g/mol. The van der Waals surface area contributed by atoms with E-state index in [4.69, 9.17) is 19.2 Å². The number of halogens is 6. The first-order valence-corrected chi connectivity index (χ1v) is 15.5. The molecule has 0 N–H and O–H groups in total. The second-order valence-corrected chi connectivity index (χ2v) is 13.2. The molecule has 1 aromatic heterocycles. The zero-order chi connectivity index (χ0) is 36.1. The van der Waals surface area contributed by atoms with E-state index in [2.05, 4.69) is 13.8 Å². The number of carbonyl (C=O) groups excluding carboxylic acids is 2. The quantitative estimate of drug-likeness (QED) is 0.182. The highest BCUT2D eigenvalue weighted by atomic mass is 19.4. The van der Waals surface area contributed by atoms with Gasteiger partial charge in [0, 0.05) is 12.1 Å². The van der Waals surface area contributed by atoms with E-state index in [1.54, 1.807) is 30.3 Å². The zero-order valence-corrected chi connectivity index (χ0v) is 27.8. The Morgan fingerprint density at radius 3 is 2.22 bits per heavy atom. The summed E-state index contributed by atoms with van der Waals surface area (Å²) in [6, 6.07) is 9.06. The summed E-state index contributed by atoms with van der Waals surface area (Å²) < 4.78 is 97.7. The molecule has 2 aliphatic rings. The maximum atomic E-state index is 13.6. The van der Waals surface area contributed by atoms with Crippen molar-refractivity contribution in [3.8, 4) is 17.0 Å². The van der Waals surface area contributed by atoms with Crippen LogP contribution in [0.4, 0.5) is 31.1 Å². The number of ether oxygens (including phenoxy) is 3. The number of aryl methyl sites for hydroxylation is 1. The van der Waals surface area contributed by atoms with Crippen molar-refractivity contribution in [3.63, 3.8) is 0 Å². The van der Waals surface area contributed by atoms with E-state index in [0.29, 0.717) is 47.7 Å². The van der Waals surface area contributed by atoms with Crippen molar-refractivity contribution in [1.82, 2.24) is 9.88 Å². The molecular weight excluding hydrogens is 654 g/mol. The normalized spacial score (nSPS) is 19.6. The Morgan fingerprint density at radius 2 is 1.65 bits per heavy atom. The van der Waals surface area contributed by atoms with Gasteiger partial charge in [-0.1, -0.05) is 19.9 Å². The van der Waals surface area contributed by atoms with Gasteiger partial charge in [0.05, 0.1) is 42.6 Å². The van der Waals surface area contributed by atoms with E-state index in [1.807, 2.05) is 6.92 Å². The molecule has 3 aromatic rings. The Morgan fingerprint density at radius 1 is 1.00 bits per heavy atom. The van der Waals surface area contributed by atoms with E-state index >= 15 is 0 Å². The van der Waals surface area contributed by atoms with E-state index in [9.17, 15) is 35.9 Å². The predicted octanol–water partition coefficient (Wildman–Crippen LogP) is 9.44. The summed E-state index contributed by atoms with van der Waals surface area (Å²) >= 11 is 0. The van der Waals surface area contributed by atoms with Crippen LogP contribution in [0.5, 0.6) is 5.75 Å². The molecule has 0 radical (unpaired) electrons.